The maximum atomic E-state index is 11.4. The van der Waals surface area contributed by atoms with Crippen LogP contribution in [0.4, 0.5) is 5.82 Å². The van der Waals surface area contributed by atoms with Gasteiger partial charge >= 0.3 is 0 Å². The molecule has 5 heteroatoms. The molecule has 0 bridgehead atoms. The van der Waals surface area contributed by atoms with E-state index in [1.807, 2.05) is 25.1 Å². The Hall–Kier alpha value is -2.30. The number of anilines is 1. The lowest BCUT2D eigenvalue weighted by molar-refractivity contribution is -0.116. The highest BCUT2D eigenvalue weighted by atomic mass is 16.1. The number of carbonyl (C=O) groups is 1. The molecular weight excluding hydrogens is 228 g/mol. The van der Waals surface area contributed by atoms with Crippen molar-refractivity contribution in [2.24, 2.45) is 0 Å². The minimum atomic E-state index is -0.0408. The van der Waals surface area contributed by atoms with Crippen LogP contribution in [0.5, 0.6) is 0 Å². The van der Waals surface area contributed by atoms with Gasteiger partial charge in [0.05, 0.1) is 5.69 Å². The molecule has 2 heterocycles. The van der Waals surface area contributed by atoms with Crippen molar-refractivity contribution < 1.29 is 4.79 Å². The first-order valence-electron chi connectivity index (χ1n) is 5.83. The highest BCUT2D eigenvalue weighted by Crippen LogP contribution is 2.15. The predicted octanol–water partition coefficient (Wildman–Crippen LogP) is 2.28. The molecule has 18 heavy (non-hydrogen) atoms. The largest absolute Gasteiger partial charge is 0.309 e. The molecule has 2 aromatic rings. The average Bonchev–Trinajstić information content (AvgIpc) is 2.41. The molecule has 0 aliphatic rings. The molecule has 0 aliphatic heterocycles. The van der Waals surface area contributed by atoms with E-state index in [0.29, 0.717) is 12.2 Å². The molecule has 0 aromatic carbocycles. The Morgan fingerprint density at radius 1 is 1.28 bits per heavy atom. The van der Waals surface area contributed by atoms with E-state index >= 15 is 0 Å². The van der Waals surface area contributed by atoms with Gasteiger partial charge in [0.15, 0.2) is 5.82 Å². The number of nitrogens with one attached hydrogen (secondary N) is 1. The molecule has 0 saturated carbocycles. The fourth-order valence-corrected chi connectivity index (χ4v) is 1.50. The van der Waals surface area contributed by atoms with E-state index in [9.17, 15) is 4.79 Å². The molecular formula is C13H14N4O. The van der Waals surface area contributed by atoms with Gasteiger partial charge in [0.2, 0.25) is 5.91 Å². The van der Waals surface area contributed by atoms with Crippen LogP contribution in [0, 0.1) is 0 Å². The molecule has 1 amide bonds. The Morgan fingerprint density at radius 2 is 2.17 bits per heavy atom. The van der Waals surface area contributed by atoms with Crippen LogP contribution in [0.2, 0.25) is 0 Å². The van der Waals surface area contributed by atoms with E-state index in [-0.39, 0.29) is 5.91 Å². The lowest BCUT2D eigenvalue weighted by Gasteiger charge is -2.03. The van der Waals surface area contributed by atoms with Crippen molar-refractivity contribution >= 4 is 11.7 Å². The van der Waals surface area contributed by atoms with Crippen molar-refractivity contribution in [3.8, 4) is 11.3 Å². The van der Waals surface area contributed by atoms with E-state index in [1.54, 1.807) is 18.5 Å². The summed E-state index contributed by atoms with van der Waals surface area (Å²) in [5, 5.41) is 10.7. The zero-order valence-electron chi connectivity index (χ0n) is 10.1. The van der Waals surface area contributed by atoms with E-state index in [0.717, 1.165) is 17.7 Å². The second kappa shape index (κ2) is 5.86. The van der Waals surface area contributed by atoms with Gasteiger partial charge in [0.25, 0.3) is 0 Å². The Labute approximate surface area is 105 Å². The van der Waals surface area contributed by atoms with Crippen molar-refractivity contribution in [2.45, 2.75) is 19.8 Å². The predicted molar refractivity (Wildman–Crippen MR) is 68.8 cm³/mol. The van der Waals surface area contributed by atoms with E-state index in [1.165, 1.54) is 0 Å². The molecule has 5 nitrogen and oxygen atoms in total. The Morgan fingerprint density at radius 3 is 2.78 bits per heavy atom. The van der Waals surface area contributed by atoms with Crippen LogP contribution >= 0.6 is 0 Å². The van der Waals surface area contributed by atoms with Crippen molar-refractivity contribution in [3.63, 3.8) is 0 Å². The number of rotatable bonds is 4. The van der Waals surface area contributed by atoms with Crippen LogP contribution in [-0.4, -0.2) is 21.1 Å². The lowest BCUT2D eigenvalue weighted by atomic mass is 10.2. The summed E-state index contributed by atoms with van der Waals surface area (Å²) >= 11 is 0. The molecule has 92 valence electrons. The molecule has 2 aromatic heterocycles. The number of hydrogen-bond acceptors (Lipinski definition) is 4. The standard InChI is InChI=1S/C13H14N4O/c1-2-4-13(18)15-12-7-6-11(16-17-12)10-5-3-8-14-9-10/h3,5-9H,2,4H2,1H3,(H,15,17,18). The van der Waals surface area contributed by atoms with Crippen LogP contribution in [0.3, 0.4) is 0 Å². The quantitative estimate of drug-likeness (QED) is 0.893. The smallest absolute Gasteiger partial charge is 0.225 e. The normalized spacial score (nSPS) is 10.1. The van der Waals surface area contributed by atoms with Crippen LogP contribution in [0.15, 0.2) is 36.7 Å². The fourth-order valence-electron chi connectivity index (χ4n) is 1.50. The first-order valence-corrected chi connectivity index (χ1v) is 5.83. The molecule has 0 spiro atoms. The Kier molecular flexibility index (Phi) is 3.96. The molecule has 0 fully saturated rings. The highest BCUT2D eigenvalue weighted by Gasteiger charge is 2.04. The summed E-state index contributed by atoms with van der Waals surface area (Å²) in [4.78, 5) is 15.4. The molecule has 1 N–H and O–H groups in total. The number of nitrogens with zero attached hydrogens (tertiary/aromatic N) is 3. The monoisotopic (exact) mass is 242 g/mol. The molecule has 0 atom stereocenters. The number of aromatic nitrogens is 3. The first kappa shape index (κ1) is 12.2. The van der Waals surface area contributed by atoms with Gasteiger partial charge in [-0.2, -0.15) is 0 Å². The summed E-state index contributed by atoms with van der Waals surface area (Å²) in [7, 11) is 0. The number of carbonyl (C=O) groups excluding carboxylic acids is 1. The summed E-state index contributed by atoms with van der Waals surface area (Å²) in [6, 6.07) is 7.30. The maximum absolute atomic E-state index is 11.4. The minimum absolute atomic E-state index is 0.0408. The van der Waals surface area contributed by atoms with Gasteiger partial charge in [-0.15, -0.1) is 10.2 Å². The average molecular weight is 242 g/mol. The number of amides is 1. The maximum Gasteiger partial charge on any atom is 0.225 e. The summed E-state index contributed by atoms with van der Waals surface area (Å²) < 4.78 is 0. The molecule has 2 rings (SSSR count). The first-order chi connectivity index (χ1) is 8.79. The third-order valence-corrected chi connectivity index (χ3v) is 2.37. The third-order valence-electron chi connectivity index (χ3n) is 2.37. The summed E-state index contributed by atoms with van der Waals surface area (Å²) in [5.74, 6) is 0.432. The van der Waals surface area contributed by atoms with Crippen molar-refractivity contribution in [1.29, 1.82) is 0 Å². The van der Waals surface area contributed by atoms with Gasteiger partial charge in [-0.25, -0.2) is 0 Å². The van der Waals surface area contributed by atoms with Crippen molar-refractivity contribution in [3.05, 3.63) is 36.7 Å². The lowest BCUT2D eigenvalue weighted by Crippen LogP contribution is -2.12. The van der Waals surface area contributed by atoms with Gasteiger partial charge < -0.3 is 5.32 Å². The van der Waals surface area contributed by atoms with Crippen molar-refractivity contribution in [2.75, 3.05) is 5.32 Å². The van der Waals surface area contributed by atoms with Gasteiger partial charge in [0, 0.05) is 24.4 Å². The second-order valence-electron chi connectivity index (χ2n) is 3.84. The third kappa shape index (κ3) is 3.10. The topological polar surface area (TPSA) is 67.8 Å². The summed E-state index contributed by atoms with van der Waals surface area (Å²) in [6.45, 7) is 1.96. The van der Waals surface area contributed by atoms with Crippen LogP contribution in [-0.2, 0) is 4.79 Å². The van der Waals surface area contributed by atoms with Crippen LogP contribution < -0.4 is 5.32 Å². The Bertz CT molecular complexity index is 510. The van der Waals surface area contributed by atoms with Gasteiger partial charge in [-0.1, -0.05) is 6.92 Å². The highest BCUT2D eigenvalue weighted by molar-refractivity contribution is 5.89. The van der Waals surface area contributed by atoms with E-state index < -0.39 is 0 Å². The molecule has 0 saturated heterocycles. The fraction of sp³-hybridized carbons (Fsp3) is 0.231. The number of hydrogen-bond donors (Lipinski definition) is 1. The van der Waals surface area contributed by atoms with Gasteiger partial charge in [0.1, 0.15) is 0 Å². The zero-order valence-corrected chi connectivity index (χ0v) is 10.1. The van der Waals surface area contributed by atoms with Crippen LogP contribution in [0.25, 0.3) is 11.3 Å². The van der Waals surface area contributed by atoms with E-state index in [2.05, 4.69) is 20.5 Å². The number of pyridine rings is 1. The van der Waals surface area contributed by atoms with Gasteiger partial charge in [-0.05, 0) is 30.7 Å². The second-order valence-corrected chi connectivity index (χ2v) is 3.84. The SMILES string of the molecule is CCCC(=O)Nc1ccc(-c2cccnc2)nn1. The summed E-state index contributed by atoms with van der Waals surface area (Å²) in [5.41, 5.74) is 1.63. The van der Waals surface area contributed by atoms with Crippen molar-refractivity contribution in [1.82, 2.24) is 15.2 Å². The Balaban J connectivity index is 2.09. The minimum Gasteiger partial charge on any atom is -0.309 e. The van der Waals surface area contributed by atoms with Gasteiger partial charge in [-0.3, -0.25) is 9.78 Å². The molecule has 0 unspecified atom stereocenters. The molecule has 0 aliphatic carbocycles. The van der Waals surface area contributed by atoms with Crippen LogP contribution in [0.1, 0.15) is 19.8 Å². The molecule has 0 radical (unpaired) electrons. The zero-order chi connectivity index (χ0) is 12.8. The van der Waals surface area contributed by atoms with E-state index in [4.69, 9.17) is 0 Å². The summed E-state index contributed by atoms with van der Waals surface area (Å²) in [6.07, 6.45) is 4.73.